The average molecular weight is 271 g/mol. The molecule has 1 rings (SSSR count). The Hall–Kier alpha value is -1.22. The summed E-state index contributed by atoms with van der Waals surface area (Å²) in [5.41, 5.74) is 1.80. The second-order valence-corrected chi connectivity index (χ2v) is 4.89. The minimum Gasteiger partial charge on any atom is -0.493 e. The van der Waals surface area contributed by atoms with Gasteiger partial charge in [0.1, 0.15) is 5.75 Å². The highest BCUT2D eigenvalue weighted by molar-refractivity contribution is 6.31. The summed E-state index contributed by atoms with van der Waals surface area (Å²) in [6.45, 7) is 6.43. The Bertz CT molecular complexity index is 429. The van der Waals surface area contributed by atoms with Crippen LogP contribution in [0.2, 0.25) is 5.02 Å². The molecule has 0 heterocycles. The molecule has 1 N–H and O–H groups in total. The van der Waals surface area contributed by atoms with Gasteiger partial charge in [0.2, 0.25) is 0 Å². The highest BCUT2D eigenvalue weighted by Gasteiger charge is 2.16. The van der Waals surface area contributed by atoms with Gasteiger partial charge in [0, 0.05) is 5.02 Å². The molecule has 0 bridgehead atoms. The van der Waals surface area contributed by atoms with E-state index in [0.29, 0.717) is 11.6 Å². The van der Waals surface area contributed by atoms with Crippen molar-refractivity contribution in [1.82, 2.24) is 0 Å². The van der Waals surface area contributed by atoms with Crippen molar-refractivity contribution in [1.29, 1.82) is 0 Å². The van der Waals surface area contributed by atoms with E-state index < -0.39 is 5.97 Å². The summed E-state index contributed by atoms with van der Waals surface area (Å²) in [4.78, 5) is 10.8. The number of carbonyl (C=O) groups is 1. The SMILES string of the molecule is CCCOc1cc(C)c(Cl)cc1C(C)CC(=O)O. The Morgan fingerprint density at radius 1 is 1.50 bits per heavy atom. The van der Waals surface area contributed by atoms with Gasteiger partial charge in [-0.25, -0.2) is 0 Å². The largest absolute Gasteiger partial charge is 0.493 e. The van der Waals surface area contributed by atoms with Crippen molar-refractivity contribution in [3.63, 3.8) is 0 Å². The molecule has 0 amide bonds. The summed E-state index contributed by atoms with van der Waals surface area (Å²) in [6, 6.07) is 3.70. The number of carboxylic acid groups (broad SMARTS) is 1. The van der Waals surface area contributed by atoms with Crippen LogP contribution in [0.5, 0.6) is 5.75 Å². The Kier molecular flexibility index (Phi) is 5.48. The molecular formula is C14H19ClO3. The molecule has 0 radical (unpaired) electrons. The second kappa shape index (κ2) is 6.64. The Labute approximate surface area is 113 Å². The van der Waals surface area contributed by atoms with Crippen LogP contribution in [0.25, 0.3) is 0 Å². The van der Waals surface area contributed by atoms with Crippen LogP contribution in [-0.4, -0.2) is 17.7 Å². The molecule has 0 aliphatic heterocycles. The molecule has 18 heavy (non-hydrogen) atoms. The fourth-order valence-electron chi connectivity index (χ4n) is 1.76. The lowest BCUT2D eigenvalue weighted by atomic mass is 9.96. The lowest BCUT2D eigenvalue weighted by Gasteiger charge is -2.17. The molecule has 0 aliphatic carbocycles. The van der Waals surface area contributed by atoms with E-state index in [2.05, 4.69) is 0 Å². The molecule has 1 aromatic rings. The summed E-state index contributed by atoms with van der Waals surface area (Å²) < 4.78 is 5.67. The quantitative estimate of drug-likeness (QED) is 0.849. The van der Waals surface area contributed by atoms with E-state index in [0.717, 1.165) is 23.3 Å². The summed E-state index contributed by atoms with van der Waals surface area (Å²) in [5.74, 6) is -0.194. The zero-order valence-electron chi connectivity index (χ0n) is 11.0. The first kappa shape index (κ1) is 14.8. The van der Waals surface area contributed by atoms with Gasteiger partial charge in [-0.1, -0.05) is 25.4 Å². The van der Waals surface area contributed by atoms with E-state index in [4.69, 9.17) is 21.4 Å². The van der Waals surface area contributed by atoms with Crippen LogP contribution >= 0.6 is 11.6 Å². The molecule has 0 fully saturated rings. The van der Waals surface area contributed by atoms with Crippen LogP contribution in [-0.2, 0) is 4.79 Å². The lowest BCUT2D eigenvalue weighted by molar-refractivity contribution is -0.137. The summed E-state index contributed by atoms with van der Waals surface area (Å²) in [5, 5.41) is 9.51. The van der Waals surface area contributed by atoms with E-state index in [1.807, 2.05) is 32.9 Å². The van der Waals surface area contributed by atoms with E-state index in [-0.39, 0.29) is 12.3 Å². The fourth-order valence-corrected chi connectivity index (χ4v) is 1.94. The van der Waals surface area contributed by atoms with Gasteiger partial charge in [0.25, 0.3) is 0 Å². The van der Waals surface area contributed by atoms with Crippen molar-refractivity contribution in [2.45, 2.75) is 39.5 Å². The molecule has 100 valence electrons. The van der Waals surface area contributed by atoms with Crippen LogP contribution in [0.3, 0.4) is 0 Å². The van der Waals surface area contributed by atoms with E-state index in [1.54, 1.807) is 0 Å². The van der Waals surface area contributed by atoms with Crippen molar-refractivity contribution >= 4 is 17.6 Å². The molecule has 1 atom stereocenters. The third kappa shape index (κ3) is 3.91. The highest BCUT2D eigenvalue weighted by Crippen LogP contribution is 2.33. The number of aliphatic carboxylic acids is 1. The minimum atomic E-state index is -0.819. The Morgan fingerprint density at radius 3 is 2.72 bits per heavy atom. The number of hydrogen-bond acceptors (Lipinski definition) is 2. The number of halogens is 1. The van der Waals surface area contributed by atoms with E-state index in [9.17, 15) is 4.79 Å². The maximum absolute atomic E-state index is 10.8. The minimum absolute atomic E-state index is 0.0713. The van der Waals surface area contributed by atoms with Gasteiger partial charge in [-0.15, -0.1) is 0 Å². The average Bonchev–Trinajstić information content (AvgIpc) is 2.29. The third-order valence-corrected chi connectivity index (χ3v) is 3.17. The van der Waals surface area contributed by atoms with E-state index in [1.165, 1.54) is 0 Å². The monoisotopic (exact) mass is 270 g/mol. The van der Waals surface area contributed by atoms with Crippen LogP contribution < -0.4 is 4.74 Å². The van der Waals surface area contributed by atoms with Gasteiger partial charge >= 0.3 is 5.97 Å². The van der Waals surface area contributed by atoms with Crippen LogP contribution in [0.4, 0.5) is 0 Å². The second-order valence-electron chi connectivity index (χ2n) is 4.49. The molecule has 1 unspecified atom stereocenters. The summed E-state index contributed by atoms with van der Waals surface area (Å²) in [6.07, 6.45) is 0.982. The van der Waals surface area contributed by atoms with Gasteiger partial charge in [-0.05, 0) is 42.5 Å². The lowest BCUT2D eigenvalue weighted by Crippen LogP contribution is -2.06. The number of ether oxygens (including phenoxy) is 1. The van der Waals surface area contributed by atoms with E-state index >= 15 is 0 Å². The topological polar surface area (TPSA) is 46.5 Å². The molecule has 0 saturated heterocycles. The normalized spacial score (nSPS) is 12.2. The first-order valence-electron chi connectivity index (χ1n) is 6.10. The maximum atomic E-state index is 10.8. The van der Waals surface area contributed by atoms with Crippen LogP contribution in [0.1, 0.15) is 43.7 Å². The first-order chi connectivity index (χ1) is 8.45. The van der Waals surface area contributed by atoms with Crippen molar-refractivity contribution < 1.29 is 14.6 Å². The first-order valence-corrected chi connectivity index (χ1v) is 6.48. The van der Waals surface area contributed by atoms with Crippen molar-refractivity contribution in [3.05, 3.63) is 28.3 Å². The molecule has 4 heteroatoms. The number of benzene rings is 1. The number of hydrogen-bond donors (Lipinski definition) is 1. The standard InChI is InChI=1S/C14H19ClO3/c1-4-5-18-13-6-10(3)12(15)8-11(13)9(2)7-14(16)17/h6,8-9H,4-5,7H2,1-3H3,(H,16,17). The predicted molar refractivity (Wildman–Crippen MR) is 72.6 cm³/mol. The number of rotatable bonds is 6. The highest BCUT2D eigenvalue weighted by atomic mass is 35.5. The van der Waals surface area contributed by atoms with Gasteiger partial charge < -0.3 is 9.84 Å². The van der Waals surface area contributed by atoms with Gasteiger partial charge in [0.15, 0.2) is 0 Å². The summed E-state index contributed by atoms with van der Waals surface area (Å²) in [7, 11) is 0. The van der Waals surface area contributed by atoms with Crippen molar-refractivity contribution in [2.24, 2.45) is 0 Å². The fraction of sp³-hybridized carbons (Fsp3) is 0.500. The zero-order valence-corrected chi connectivity index (χ0v) is 11.8. The van der Waals surface area contributed by atoms with Gasteiger partial charge in [-0.2, -0.15) is 0 Å². The third-order valence-electron chi connectivity index (χ3n) is 2.76. The number of aryl methyl sites for hydroxylation is 1. The molecule has 0 spiro atoms. The molecule has 3 nitrogen and oxygen atoms in total. The van der Waals surface area contributed by atoms with Crippen molar-refractivity contribution in [2.75, 3.05) is 6.61 Å². The Morgan fingerprint density at radius 2 is 2.17 bits per heavy atom. The number of carboxylic acids is 1. The van der Waals surface area contributed by atoms with Crippen LogP contribution in [0, 0.1) is 6.92 Å². The van der Waals surface area contributed by atoms with Gasteiger partial charge in [-0.3, -0.25) is 4.79 Å². The molecule has 0 saturated carbocycles. The maximum Gasteiger partial charge on any atom is 0.303 e. The van der Waals surface area contributed by atoms with Crippen molar-refractivity contribution in [3.8, 4) is 5.75 Å². The molecule has 1 aromatic carbocycles. The smallest absolute Gasteiger partial charge is 0.303 e. The molecular weight excluding hydrogens is 252 g/mol. The molecule has 0 aliphatic rings. The van der Waals surface area contributed by atoms with Crippen LogP contribution in [0.15, 0.2) is 12.1 Å². The Balaban J connectivity index is 3.05. The summed E-state index contributed by atoms with van der Waals surface area (Å²) >= 11 is 6.10. The molecule has 0 aromatic heterocycles. The zero-order chi connectivity index (χ0) is 13.7. The van der Waals surface area contributed by atoms with Gasteiger partial charge in [0.05, 0.1) is 13.0 Å². The predicted octanol–water partition coefficient (Wildman–Crippen LogP) is 4.02.